The molecule has 0 spiro atoms. The third kappa shape index (κ3) is 2.24. The molecule has 0 aliphatic heterocycles. The van der Waals surface area contributed by atoms with Crippen LogP contribution in [0.2, 0.25) is 0 Å². The minimum atomic E-state index is -0.229. The van der Waals surface area contributed by atoms with Gasteiger partial charge in [-0.1, -0.05) is 0 Å². The molecule has 3 aromatic heterocycles. The van der Waals surface area contributed by atoms with Crippen molar-refractivity contribution in [1.29, 1.82) is 0 Å². The van der Waals surface area contributed by atoms with Crippen molar-refractivity contribution in [2.45, 2.75) is 20.4 Å². The molecule has 3 rings (SSSR count). The number of hydrogen-bond donors (Lipinski definition) is 1. The van der Waals surface area contributed by atoms with Gasteiger partial charge < -0.3 is 10.3 Å². The van der Waals surface area contributed by atoms with E-state index in [0.29, 0.717) is 23.4 Å². The van der Waals surface area contributed by atoms with Crippen molar-refractivity contribution < 1.29 is 0 Å². The Morgan fingerprint density at radius 1 is 1.33 bits per heavy atom. The van der Waals surface area contributed by atoms with Crippen LogP contribution < -0.4 is 11.2 Å². The van der Waals surface area contributed by atoms with E-state index in [9.17, 15) is 4.79 Å². The van der Waals surface area contributed by atoms with Crippen molar-refractivity contribution in [3.8, 4) is 11.4 Å². The van der Waals surface area contributed by atoms with Crippen LogP contribution in [-0.2, 0) is 6.54 Å². The molecule has 106 valence electrons. The summed E-state index contributed by atoms with van der Waals surface area (Å²) in [5, 5.41) is 0.436. The SMILES string of the molecule is CCn1cc(N)c(=O)c2cnc(-c3ccnc(C)c3)nc21. The van der Waals surface area contributed by atoms with Gasteiger partial charge in [0.1, 0.15) is 5.65 Å². The molecule has 0 amide bonds. The minimum absolute atomic E-state index is 0.209. The first-order chi connectivity index (χ1) is 10.1. The first-order valence-electron chi connectivity index (χ1n) is 6.69. The van der Waals surface area contributed by atoms with Crippen molar-refractivity contribution >= 4 is 16.7 Å². The number of nitrogens with zero attached hydrogens (tertiary/aromatic N) is 4. The Morgan fingerprint density at radius 3 is 2.86 bits per heavy atom. The van der Waals surface area contributed by atoms with E-state index in [2.05, 4.69) is 15.0 Å². The van der Waals surface area contributed by atoms with E-state index < -0.39 is 0 Å². The molecule has 6 heteroatoms. The number of aromatic nitrogens is 4. The summed E-state index contributed by atoms with van der Waals surface area (Å²) in [5.74, 6) is 0.569. The first-order valence-corrected chi connectivity index (χ1v) is 6.69. The van der Waals surface area contributed by atoms with Crippen LogP contribution in [-0.4, -0.2) is 19.5 Å². The number of nitrogen functional groups attached to an aromatic ring is 1. The van der Waals surface area contributed by atoms with Gasteiger partial charge in [-0.05, 0) is 26.0 Å². The second kappa shape index (κ2) is 4.97. The van der Waals surface area contributed by atoms with Gasteiger partial charge in [-0.25, -0.2) is 9.97 Å². The van der Waals surface area contributed by atoms with Crippen molar-refractivity contribution in [2.75, 3.05) is 5.73 Å². The molecule has 0 aliphatic rings. The molecule has 3 heterocycles. The zero-order valence-corrected chi connectivity index (χ0v) is 11.9. The molecule has 0 radical (unpaired) electrons. The lowest BCUT2D eigenvalue weighted by molar-refractivity contribution is 0.778. The number of rotatable bonds is 2. The van der Waals surface area contributed by atoms with E-state index >= 15 is 0 Å². The number of hydrogen-bond acceptors (Lipinski definition) is 5. The van der Waals surface area contributed by atoms with Gasteiger partial charge in [0.2, 0.25) is 5.43 Å². The lowest BCUT2D eigenvalue weighted by atomic mass is 10.2. The standard InChI is InChI=1S/C15H15N5O/c1-3-20-8-12(16)13(21)11-7-18-14(19-15(11)20)10-4-5-17-9(2)6-10/h4-8H,3,16H2,1-2H3. The highest BCUT2D eigenvalue weighted by Gasteiger charge is 2.10. The van der Waals surface area contributed by atoms with Gasteiger partial charge in [-0.15, -0.1) is 0 Å². The van der Waals surface area contributed by atoms with Crippen LogP contribution in [0.25, 0.3) is 22.4 Å². The Balaban J connectivity index is 2.29. The molecular formula is C15H15N5O. The maximum absolute atomic E-state index is 12.1. The van der Waals surface area contributed by atoms with Crippen LogP contribution in [0.3, 0.4) is 0 Å². The van der Waals surface area contributed by atoms with Crippen LogP contribution in [0, 0.1) is 6.92 Å². The van der Waals surface area contributed by atoms with Gasteiger partial charge in [0.25, 0.3) is 0 Å². The molecule has 0 saturated heterocycles. The van der Waals surface area contributed by atoms with Gasteiger partial charge >= 0.3 is 0 Å². The third-order valence-electron chi connectivity index (χ3n) is 3.34. The molecule has 0 saturated carbocycles. The zero-order valence-electron chi connectivity index (χ0n) is 11.9. The van der Waals surface area contributed by atoms with Crippen LogP contribution >= 0.6 is 0 Å². The highest BCUT2D eigenvalue weighted by molar-refractivity contribution is 5.79. The summed E-state index contributed by atoms with van der Waals surface area (Å²) < 4.78 is 1.85. The fraction of sp³-hybridized carbons (Fsp3) is 0.200. The number of nitrogens with two attached hydrogens (primary N) is 1. The largest absolute Gasteiger partial charge is 0.394 e. The molecule has 0 bridgehead atoms. The third-order valence-corrected chi connectivity index (χ3v) is 3.34. The monoisotopic (exact) mass is 281 g/mol. The summed E-state index contributed by atoms with van der Waals surface area (Å²) in [6, 6.07) is 3.76. The molecule has 0 fully saturated rings. The summed E-state index contributed by atoms with van der Waals surface area (Å²) in [4.78, 5) is 25.0. The van der Waals surface area contributed by atoms with Crippen LogP contribution in [0.4, 0.5) is 5.69 Å². The maximum Gasteiger partial charge on any atom is 0.215 e. The van der Waals surface area contributed by atoms with E-state index in [1.54, 1.807) is 12.4 Å². The summed E-state index contributed by atoms with van der Waals surface area (Å²) in [7, 11) is 0. The average molecular weight is 281 g/mol. The average Bonchev–Trinajstić information content (AvgIpc) is 2.50. The fourth-order valence-corrected chi connectivity index (χ4v) is 2.26. The predicted molar refractivity (Wildman–Crippen MR) is 81.9 cm³/mol. The van der Waals surface area contributed by atoms with Gasteiger partial charge in [0.05, 0.1) is 11.1 Å². The predicted octanol–water partition coefficient (Wildman–Crippen LogP) is 1.76. The Morgan fingerprint density at radius 2 is 2.14 bits per heavy atom. The van der Waals surface area contributed by atoms with E-state index in [1.807, 2.05) is 30.5 Å². The molecule has 21 heavy (non-hydrogen) atoms. The molecular weight excluding hydrogens is 266 g/mol. The smallest absolute Gasteiger partial charge is 0.215 e. The summed E-state index contributed by atoms with van der Waals surface area (Å²) >= 11 is 0. The summed E-state index contributed by atoms with van der Waals surface area (Å²) in [6.45, 7) is 4.56. The fourth-order valence-electron chi connectivity index (χ4n) is 2.26. The van der Waals surface area contributed by atoms with Crippen LogP contribution in [0.1, 0.15) is 12.6 Å². The number of anilines is 1. The number of aryl methyl sites for hydroxylation is 2. The topological polar surface area (TPSA) is 86.7 Å². The highest BCUT2D eigenvalue weighted by Crippen LogP contribution is 2.18. The second-order valence-corrected chi connectivity index (χ2v) is 4.82. The van der Waals surface area contributed by atoms with Crippen molar-refractivity contribution in [1.82, 2.24) is 19.5 Å². The summed E-state index contributed by atoms with van der Waals surface area (Å²) in [5.41, 5.74) is 8.07. The zero-order chi connectivity index (χ0) is 15.0. The van der Waals surface area contributed by atoms with Crippen LogP contribution in [0.5, 0.6) is 0 Å². The lowest BCUT2D eigenvalue weighted by Crippen LogP contribution is -2.15. The normalized spacial score (nSPS) is 11.0. The maximum atomic E-state index is 12.1. The Kier molecular flexibility index (Phi) is 3.13. The van der Waals surface area contributed by atoms with E-state index in [0.717, 1.165) is 11.3 Å². The Bertz CT molecular complexity index is 885. The molecule has 6 nitrogen and oxygen atoms in total. The minimum Gasteiger partial charge on any atom is -0.394 e. The Labute approximate surface area is 121 Å². The van der Waals surface area contributed by atoms with E-state index in [-0.39, 0.29) is 11.1 Å². The van der Waals surface area contributed by atoms with Gasteiger partial charge in [0, 0.05) is 36.4 Å². The molecule has 2 N–H and O–H groups in total. The van der Waals surface area contributed by atoms with Crippen molar-refractivity contribution in [2.24, 2.45) is 0 Å². The molecule has 3 aromatic rings. The van der Waals surface area contributed by atoms with Crippen molar-refractivity contribution in [3.05, 3.63) is 46.6 Å². The van der Waals surface area contributed by atoms with E-state index in [4.69, 9.17) is 5.73 Å². The van der Waals surface area contributed by atoms with E-state index in [1.165, 1.54) is 6.20 Å². The van der Waals surface area contributed by atoms with Gasteiger partial charge in [-0.3, -0.25) is 9.78 Å². The molecule has 0 aromatic carbocycles. The Hall–Kier alpha value is -2.76. The molecule has 0 aliphatic carbocycles. The number of pyridine rings is 2. The lowest BCUT2D eigenvalue weighted by Gasteiger charge is -2.10. The van der Waals surface area contributed by atoms with Crippen molar-refractivity contribution in [3.63, 3.8) is 0 Å². The summed E-state index contributed by atoms with van der Waals surface area (Å²) in [6.07, 6.45) is 4.88. The molecule has 0 atom stereocenters. The van der Waals surface area contributed by atoms with Gasteiger partial charge in [0.15, 0.2) is 5.82 Å². The molecule has 0 unspecified atom stereocenters. The quantitative estimate of drug-likeness (QED) is 0.773. The second-order valence-electron chi connectivity index (χ2n) is 4.82. The number of fused-ring (bicyclic) bond motifs is 1. The van der Waals surface area contributed by atoms with Gasteiger partial charge in [-0.2, -0.15) is 0 Å². The first kappa shape index (κ1) is 13.2. The van der Waals surface area contributed by atoms with Crippen LogP contribution in [0.15, 0.2) is 35.5 Å². The highest BCUT2D eigenvalue weighted by atomic mass is 16.1.